The number of hydrogen-bond donors (Lipinski definition) is 2. The Morgan fingerprint density at radius 2 is 1.80 bits per heavy atom. The molecule has 1 unspecified atom stereocenters. The molecule has 1 saturated heterocycles. The zero-order valence-electron chi connectivity index (χ0n) is 19.2. The summed E-state index contributed by atoms with van der Waals surface area (Å²) in [6, 6.07) is 8.62. The highest BCUT2D eigenvalue weighted by Gasteiger charge is 2.26. The van der Waals surface area contributed by atoms with Crippen molar-refractivity contribution in [1.82, 2.24) is 15.5 Å². The zero-order valence-corrected chi connectivity index (χ0v) is 19.2. The van der Waals surface area contributed by atoms with E-state index in [0.717, 1.165) is 44.6 Å². The number of nitrogens with one attached hydrogen (secondary N) is 2. The van der Waals surface area contributed by atoms with Gasteiger partial charge in [0.25, 0.3) is 0 Å². The van der Waals surface area contributed by atoms with E-state index in [1.807, 2.05) is 19.2 Å². The number of hydrogen-bond acceptors (Lipinski definition) is 5. The second-order valence-corrected chi connectivity index (χ2v) is 7.58. The van der Waals surface area contributed by atoms with Crippen molar-refractivity contribution in [3.05, 3.63) is 29.8 Å². The number of methoxy groups -OCH3 is 1. The van der Waals surface area contributed by atoms with Crippen LogP contribution in [0.5, 0.6) is 5.75 Å². The highest BCUT2D eigenvalue weighted by molar-refractivity contribution is 5.79. The van der Waals surface area contributed by atoms with Gasteiger partial charge in [-0.05, 0) is 23.6 Å². The first-order valence-corrected chi connectivity index (χ1v) is 11.2. The molecule has 2 rings (SSSR count). The predicted molar refractivity (Wildman–Crippen MR) is 122 cm³/mol. The molecule has 0 aliphatic carbocycles. The molecule has 0 spiro atoms. The van der Waals surface area contributed by atoms with Crippen LogP contribution in [0.15, 0.2) is 29.3 Å². The van der Waals surface area contributed by atoms with Gasteiger partial charge in [0.1, 0.15) is 12.4 Å². The zero-order chi connectivity index (χ0) is 21.6. The monoisotopic (exact) mass is 420 g/mol. The Kier molecular flexibility index (Phi) is 11.6. The second-order valence-electron chi connectivity index (χ2n) is 7.58. The Morgan fingerprint density at radius 1 is 1.10 bits per heavy atom. The van der Waals surface area contributed by atoms with Crippen LogP contribution in [0.3, 0.4) is 0 Å². The Balaban J connectivity index is 1.84. The molecule has 170 valence electrons. The average molecular weight is 421 g/mol. The molecule has 1 aliphatic heterocycles. The molecule has 1 aromatic carbocycles. The molecular weight excluding hydrogens is 380 g/mol. The van der Waals surface area contributed by atoms with Gasteiger partial charge < -0.3 is 24.8 Å². The highest BCUT2D eigenvalue weighted by Crippen LogP contribution is 2.19. The van der Waals surface area contributed by atoms with Crippen LogP contribution in [-0.2, 0) is 16.0 Å². The van der Waals surface area contributed by atoms with Crippen molar-refractivity contribution in [3.8, 4) is 5.75 Å². The van der Waals surface area contributed by atoms with Crippen LogP contribution >= 0.6 is 0 Å². The minimum atomic E-state index is 0.492. The van der Waals surface area contributed by atoms with E-state index in [4.69, 9.17) is 14.2 Å². The lowest BCUT2D eigenvalue weighted by Crippen LogP contribution is -2.53. The van der Waals surface area contributed by atoms with E-state index in [9.17, 15) is 0 Å². The third-order valence-corrected chi connectivity index (χ3v) is 5.75. The molecule has 0 amide bonds. The second kappa shape index (κ2) is 14.2. The van der Waals surface area contributed by atoms with Crippen molar-refractivity contribution < 1.29 is 14.2 Å². The lowest BCUT2D eigenvalue weighted by atomic mass is 9.92. The number of aliphatic imine (C=N–C) groups is 1. The van der Waals surface area contributed by atoms with Crippen molar-refractivity contribution in [2.45, 2.75) is 39.3 Å². The molecule has 2 N–H and O–H groups in total. The summed E-state index contributed by atoms with van der Waals surface area (Å²) >= 11 is 0. The van der Waals surface area contributed by atoms with E-state index >= 15 is 0 Å². The average Bonchev–Trinajstić information content (AvgIpc) is 2.80. The molecular formula is C23H40N4O3. The predicted octanol–water partition coefficient (Wildman–Crippen LogP) is 2.51. The van der Waals surface area contributed by atoms with Gasteiger partial charge in [-0.25, -0.2) is 0 Å². The lowest BCUT2D eigenvalue weighted by molar-refractivity contribution is 0.00272. The van der Waals surface area contributed by atoms with Gasteiger partial charge in [0.05, 0.1) is 19.8 Å². The standard InChI is InChI=1S/C23H40N4O3/c1-5-20(6-2)22(27-11-13-29-14-12-27)18-26-23(24-3)25-17-19-7-9-21(10-8-19)30-16-15-28-4/h7-10,20,22H,5-6,11-18H2,1-4H3,(H2,24,25,26). The van der Waals surface area contributed by atoms with E-state index in [-0.39, 0.29) is 0 Å². The van der Waals surface area contributed by atoms with Crippen molar-refractivity contribution in [2.24, 2.45) is 10.9 Å². The van der Waals surface area contributed by atoms with Crippen LogP contribution in [-0.4, -0.2) is 77.1 Å². The Morgan fingerprint density at radius 3 is 2.40 bits per heavy atom. The van der Waals surface area contributed by atoms with Crippen LogP contribution in [0, 0.1) is 5.92 Å². The fourth-order valence-electron chi connectivity index (χ4n) is 3.89. The molecule has 1 fully saturated rings. The van der Waals surface area contributed by atoms with Crippen molar-refractivity contribution >= 4 is 5.96 Å². The number of nitrogens with zero attached hydrogens (tertiary/aromatic N) is 2. The number of benzene rings is 1. The summed E-state index contributed by atoms with van der Waals surface area (Å²) in [6.07, 6.45) is 2.37. The number of guanidine groups is 1. The molecule has 1 aliphatic rings. The molecule has 0 bridgehead atoms. The van der Waals surface area contributed by atoms with Crippen molar-refractivity contribution in [1.29, 1.82) is 0 Å². The van der Waals surface area contributed by atoms with Crippen LogP contribution in [0.4, 0.5) is 0 Å². The third kappa shape index (κ3) is 8.13. The van der Waals surface area contributed by atoms with Gasteiger partial charge in [-0.3, -0.25) is 9.89 Å². The van der Waals surface area contributed by atoms with Gasteiger partial charge in [0.15, 0.2) is 5.96 Å². The molecule has 0 aromatic heterocycles. The fourth-order valence-corrected chi connectivity index (χ4v) is 3.89. The van der Waals surface area contributed by atoms with Gasteiger partial charge >= 0.3 is 0 Å². The van der Waals surface area contributed by atoms with E-state index in [1.54, 1.807) is 7.11 Å². The topological polar surface area (TPSA) is 67.4 Å². The SMILES string of the molecule is CCC(CC)C(CNC(=NC)NCc1ccc(OCCOC)cc1)N1CCOCC1. The molecule has 7 heteroatoms. The van der Waals surface area contributed by atoms with Crippen molar-refractivity contribution in [3.63, 3.8) is 0 Å². The Hall–Kier alpha value is -1.83. The number of rotatable bonds is 12. The van der Waals surface area contributed by atoms with E-state index in [2.05, 4.69) is 46.5 Å². The summed E-state index contributed by atoms with van der Waals surface area (Å²) in [6.45, 7) is 11.0. The summed E-state index contributed by atoms with van der Waals surface area (Å²) in [4.78, 5) is 6.98. The van der Waals surface area contributed by atoms with E-state index in [1.165, 1.54) is 18.4 Å². The smallest absolute Gasteiger partial charge is 0.191 e. The summed E-state index contributed by atoms with van der Waals surface area (Å²) in [7, 11) is 3.50. The van der Waals surface area contributed by atoms with Crippen molar-refractivity contribution in [2.75, 3.05) is 60.2 Å². The largest absolute Gasteiger partial charge is 0.491 e. The minimum Gasteiger partial charge on any atom is -0.491 e. The maximum atomic E-state index is 5.62. The quantitative estimate of drug-likeness (QED) is 0.308. The summed E-state index contributed by atoms with van der Waals surface area (Å²) in [5.74, 6) is 2.36. The van der Waals surface area contributed by atoms with Crippen LogP contribution in [0.1, 0.15) is 32.3 Å². The first kappa shape index (κ1) is 24.4. The molecule has 0 radical (unpaired) electrons. The Labute approximate surface area is 182 Å². The third-order valence-electron chi connectivity index (χ3n) is 5.75. The van der Waals surface area contributed by atoms with Gasteiger partial charge in [0.2, 0.25) is 0 Å². The molecule has 1 heterocycles. The minimum absolute atomic E-state index is 0.492. The van der Waals surface area contributed by atoms with Gasteiger partial charge in [-0.1, -0.05) is 38.8 Å². The van der Waals surface area contributed by atoms with Crippen LogP contribution < -0.4 is 15.4 Å². The highest BCUT2D eigenvalue weighted by atomic mass is 16.5. The summed E-state index contributed by atoms with van der Waals surface area (Å²) < 4.78 is 16.2. The first-order chi connectivity index (χ1) is 14.7. The maximum Gasteiger partial charge on any atom is 0.191 e. The van der Waals surface area contributed by atoms with Crippen LogP contribution in [0.2, 0.25) is 0 Å². The van der Waals surface area contributed by atoms with Gasteiger partial charge in [-0.2, -0.15) is 0 Å². The summed E-state index contributed by atoms with van der Waals surface area (Å²) in [5.41, 5.74) is 1.18. The fraction of sp³-hybridized carbons (Fsp3) is 0.696. The van der Waals surface area contributed by atoms with Crippen LogP contribution in [0.25, 0.3) is 0 Å². The summed E-state index contributed by atoms with van der Waals surface area (Å²) in [5, 5.41) is 6.98. The van der Waals surface area contributed by atoms with E-state index < -0.39 is 0 Å². The lowest BCUT2D eigenvalue weighted by Gasteiger charge is -2.39. The molecule has 0 saturated carbocycles. The number of morpholine rings is 1. The first-order valence-electron chi connectivity index (χ1n) is 11.2. The maximum absolute atomic E-state index is 5.62. The van der Waals surface area contributed by atoms with Gasteiger partial charge in [-0.15, -0.1) is 0 Å². The molecule has 7 nitrogen and oxygen atoms in total. The molecule has 1 atom stereocenters. The molecule has 1 aromatic rings. The normalized spacial score (nSPS) is 16.5. The molecule has 30 heavy (non-hydrogen) atoms. The Bertz CT molecular complexity index is 599. The number of ether oxygens (including phenoxy) is 3. The van der Waals surface area contributed by atoms with Gasteiger partial charge in [0, 0.05) is 46.4 Å². The van der Waals surface area contributed by atoms with E-state index in [0.29, 0.717) is 31.7 Å².